The summed E-state index contributed by atoms with van der Waals surface area (Å²) in [5.74, 6) is 0. The van der Waals surface area contributed by atoms with Gasteiger partial charge in [0.25, 0.3) is 0 Å². The van der Waals surface area contributed by atoms with Gasteiger partial charge in [-0.3, -0.25) is 4.90 Å². The molecule has 0 aromatic heterocycles. The first kappa shape index (κ1) is 13.4. The minimum Gasteiger partial charge on any atom is -0.395 e. The van der Waals surface area contributed by atoms with Gasteiger partial charge in [0.1, 0.15) is 0 Å². The van der Waals surface area contributed by atoms with Gasteiger partial charge in [-0.05, 0) is 45.0 Å². The number of aryl methyl sites for hydroxylation is 1. The highest BCUT2D eigenvalue weighted by Crippen LogP contribution is 2.21. The number of anilines is 1. The van der Waals surface area contributed by atoms with Crippen molar-refractivity contribution in [3.63, 3.8) is 0 Å². The molecule has 0 radical (unpaired) electrons. The van der Waals surface area contributed by atoms with E-state index >= 15 is 0 Å². The van der Waals surface area contributed by atoms with Crippen molar-refractivity contribution in [1.29, 1.82) is 0 Å². The molecule has 1 aromatic carbocycles. The van der Waals surface area contributed by atoms with Crippen LogP contribution < -0.4 is 4.90 Å². The summed E-state index contributed by atoms with van der Waals surface area (Å²) in [6.45, 7) is 6.55. The summed E-state index contributed by atoms with van der Waals surface area (Å²) in [4.78, 5) is 4.70. The molecule has 1 aliphatic heterocycles. The smallest absolute Gasteiger partial charge is 0.0604 e. The van der Waals surface area contributed by atoms with Crippen LogP contribution in [0, 0.1) is 6.92 Å². The van der Waals surface area contributed by atoms with Crippen LogP contribution >= 0.6 is 0 Å². The summed E-state index contributed by atoms with van der Waals surface area (Å²) in [7, 11) is 2.12. The lowest BCUT2D eigenvalue weighted by Crippen LogP contribution is -2.44. The first-order chi connectivity index (χ1) is 8.61. The van der Waals surface area contributed by atoms with Crippen molar-refractivity contribution in [2.24, 2.45) is 0 Å². The van der Waals surface area contributed by atoms with E-state index in [0.29, 0.717) is 6.04 Å². The number of hydrogen-bond donors (Lipinski definition) is 1. The van der Waals surface area contributed by atoms with E-state index in [4.69, 9.17) is 0 Å². The van der Waals surface area contributed by atoms with Gasteiger partial charge in [-0.1, -0.05) is 12.1 Å². The van der Waals surface area contributed by atoms with E-state index in [-0.39, 0.29) is 12.6 Å². The summed E-state index contributed by atoms with van der Waals surface area (Å²) in [5.41, 5.74) is 2.56. The van der Waals surface area contributed by atoms with Gasteiger partial charge < -0.3 is 10.0 Å². The standard InChI is InChI=1S/C15H24N2O/c1-12-5-4-6-14(9-12)17-8-7-13(2)16(3)15(10-17)11-18/h4-6,9,13,15,18H,7-8,10-11H2,1-3H3. The minimum absolute atomic E-state index is 0.225. The molecule has 0 saturated carbocycles. The van der Waals surface area contributed by atoms with Crippen LogP contribution in [0.4, 0.5) is 5.69 Å². The van der Waals surface area contributed by atoms with Gasteiger partial charge in [0.05, 0.1) is 12.6 Å². The quantitative estimate of drug-likeness (QED) is 0.866. The van der Waals surface area contributed by atoms with Gasteiger partial charge in [0, 0.05) is 24.8 Å². The van der Waals surface area contributed by atoms with E-state index in [2.05, 4.69) is 55.0 Å². The first-order valence-corrected chi connectivity index (χ1v) is 6.76. The van der Waals surface area contributed by atoms with Crippen LogP contribution in [-0.4, -0.2) is 48.8 Å². The average molecular weight is 248 g/mol. The molecule has 0 bridgehead atoms. The molecule has 1 heterocycles. The molecule has 100 valence electrons. The van der Waals surface area contributed by atoms with Crippen LogP contribution in [0.2, 0.25) is 0 Å². The number of aliphatic hydroxyl groups excluding tert-OH is 1. The molecule has 1 aromatic rings. The van der Waals surface area contributed by atoms with Crippen LogP contribution in [0.5, 0.6) is 0 Å². The number of aliphatic hydroxyl groups is 1. The Morgan fingerprint density at radius 1 is 1.39 bits per heavy atom. The maximum Gasteiger partial charge on any atom is 0.0604 e. The van der Waals surface area contributed by atoms with Crippen LogP contribution in [0.3, 0.4) is 0 Å². The Hall–Kier alpha value is -1.06. The van der Waals surface area contributed by atoms with Gasteiger partial charge in [-0.15, -0.1) is 0 Å². The second kappa shape index (κ2) is 5.72. The Morgan fingerprint density at radius 2 is 2.17 bits per heavy atom. The topological polar surface area (TPSA) is 26.7 Å². The van der Waals surface area contributed by atoms with Crippen LogP contribution in [-0.2, 0) is 0 Å². The molecule has 1 N–H and O–H groups in total. The van der Waals surface area contributed by atoms with Crippen LogP contribution in [0.1, 0.15) is 18.9 Å². The number of benzene rings is 1. The average Bonchev–Trinajstić information content (AvgIpc) is 2.51. The van der Waals surface area contributed by atoms with E-state index in [0.717, 1.165) is 19.5 Å². The molecule has 2 rings (SSSR count). The molecular weight excluding hydrogens is 224 g/mol. The molecular formula is C15H24N2O. The lowest BCUT2D eigenvalue weighted by molar-refractivity contribution is 0.127. The van der Waals surface area contributed by atoms with Crippen molar-refractivity contribution in [3.8, 4) is 0 Å². The van der Waals surface area contributed by atoms with E-state index in [1.807, 2.05) is 0 Å². The molecule has 3 nitrogen and oxygen atoms in total. The van der Waals surface area contributed by atoms with Gasteiger partial charge in [-0.25, -0.2) is 0 Å². The number of likely N-dealkylation sites (N-methyl/N-ethyl adjacent to an activating group) is 1. The predicted octanol–water partition coefficient (Wildman–Crippen LogP) is 1.89. The molecule has 0 aliphatic carbocycles. The van der Waals surface area contributed by atoms with Crippen molar-refractivity contribution in [1.82, 2.24) is 4.90 Å². The zero-order chi connectivity index (χ0) is 13.1. The number of nitrogens with zero attached hydrogens (tertiary/aromatic N) is 2. The fraction of sp³-hybridized carbons (Fsp3) is 0.600. The maximum absolute atomic E-state index is 9.56. The summed E-state index contributed by atoms with van der Waals surface area (Å²) >= 11 is 0. The highest BCUT2D eigenvalue weighted by molar-refractivity contribution is 5.48. The Balaban J connectivity index is 2.19. The molecule has 0 amide bonds. The molecule has 0 spiro atoms. The largest absolute Gasteiger partial charge is 0.395 e. The zero-order valence-electron chi connectivity index (χ0n) is 11.6. The van der Waals surface area contributed by atoms with Crippen molar-refractivity contribution >= 4 is 5.69 Å². The Morgan fingerprint density at radius 3 is 2.83 bits per heavy atom. The first-order valence-electron chi connectivity index (χ1n) is 6.76. The van der Waals surface area contributed by atoms with Gasteiger partial charge in [0.15, 0.2) is 0 Å². The number of rotatable bonds is 2. The lowest BCUT2D eigenvalue weighted by Gasteiger charge is -2.30. The fourth-order valence-corrected chi connectivity index (χ4v) is 2.63. The van der Waals surface area contributed by atoms with Crippen LogP contribution in [0.15, 0.2) is 24.3 Å². The van der Waals surface area contributed by atoms with Gasteiger partial charge in [-0.2, -0.15) is 0 Å². The van der Waals surface area contributed by atoms with Crippen molar-refractivity contribution in [3.05, 3.63) is 29.8 Å². The van der Waals surface area contributed by atoms with Crippen molar-refractivity contribution in [2.75, 3.05) is 31.6 Å². The Bertz CT molecular complexity index is 394. The molecule has 1 fully saturated rings. The van der Waals surface area contributed by atoms with Crippen LogP contribution in [0.25, 0.3) is 0 Å². The van der Waals surface area contributed by atoms with E-state index < -0.39 is 0 Å². The third-order valence-electron chi connectivity index (χ3n) is 4.10. The van der Waals surface area contributed by atoms with Gasteiger partial charge >= 0.3 is 0 Å². The molecule has 18 heavy (non-hydrogen) atoms. The highest BCUT2D eigenvalue weighted by atomic mass is 16.3. The third kappa shape index (κ3) is 2.85. The lowest BCUT2D eigenvalue weighted by atomic mass is 10.2. The minimum atomic E-state index is 0.225. The molecule has 1 saturated heterocycles. The highest BCUT2D eigenvalue weighted by Gasteiger charge is 2.26. The van der Waals surface area contributed by atoms with Crippen molar-refractivity contribution < 1.29 is 5.11 Å². The SMILES string of the molecule is Cc1cccc(N2CCC(C)N(C)C(CO)C2)c1. The summed E-state index contributed by atoms with van der Waals surface area (Å²) < 4.78 is 0. The number of hydrogen-bond acceptors (Lipinski definition) is 3. The summed E-state index contributed by atoms with van der Waals surface area (Å²) in [5, 5.41) is 9.56. The van der Waals surface area contributed by atoms with E-state index in [9.17, 15) is 5.11 Å². The monoisotopic (exact) mass is 248 g/mol. The maximum atomic E-state index is 9.56. The molecule has 1 aliphatic rings. The van der Waals surface area contributed by atoms with Crippen molar-refractivity contribution in [2.45, 2.75) is 32.4 Å². The van der Waals surface area contributed by atoms with E-state index in [1.54, 1.807) is 0 Å². The Kier molecular flexibility index (Phi) is 4.25. The van der Waals surface area contributed by atoms with Gasteiger partial charge in [0.2, 0.25) is 0 Å². The third-order valence-corrected chi connectivity index (χ3v) is 4.10. The molecule has 2 unspecified atom stereocenters. The second-order valence-corrected chi connectivity index (χ2v) is 5.42. The second-order valence-electron chi connectivity index (χ2n) is 5.42. The fourth-order valence-electron chi connectivity index (χ4n) is 2.63. The Labute approximate surface area is 110 Å². The predicted molar refractivity (Wildman–Crippen MR) is 76.1 cm³/mol. The molecule has 3 heteroatoms. The molecule has 2 atom stereocenters. The van der Waals surface area contributed by atoms with E-state index in [1.165, 1.54) is 11.3 Å². The zero-order valence-corrected chi connectivity index (χ0v) is 11.6. The summed E-state index contributed by atoms with van der Waals surface area (Å²) in [6.07, 6.45) is 1.14. The normalized spacial score (nSPS) is 26.1. The summed E-state index contributed by atoms with van der Waals surface area (Å²) in [6, 6.07) is 9.37.